The second kappa shape index (κ2) is 5.60. The molecule has 9 heteroatoms. The first-order valence-corrected chi connectivity index (χ1v) is 9.22. The van der Waals surface area contributed by atoms with E-state index in [0.29, 0.717) is 5.57 Å². The highest BCUT2D eigenvalue weighted by Crippen LogP contribution is 2.40. The Labute approximate surface area is 150 Å². The summed E-state index contributed by atoms with van der Waals surface area (Å²) in [6.45, 7) is 1.60. The molecule has 26 heavy (non-hydrogen) atoms. The van der Waals surface area contributed by atoms with Crippen molar-refractivity contribution < 1.29 is 28.1 Å². The Bertz CT molecular complexity index is 917. The van der Waals surface area contributed by atoms with Crippen LogP contribution < -0.4 is 0 Å². The molecule has 0 spiro atoms. The summed E-state index contributed by atoms with van der Waals surface area (Å²) >= 11 is 0. The van der Waals surface area contributed by atoms with Crippen molar-refractivity contribution in [3.63, 3.8) is 0 Å². The molecule has 1 aromatic rings. The summed E-state index contributed by atoms with van der Waals surface area (Å²) < 4.78 is 17.3. The zero-order chi connectivity index (χ0) is 18.7. The molecule has 0 bridgehead atoms. The standard InChI is InChI=1S/C17H14N2O6S/c1-8-7-26(24)16-12(15(22)19(16)11(8)17(23)25-2)18-13(20)9-5-3-4-6-10(9)14(18)21/h3-6,12,16H,7H2,1-2H3/t12-,16-,26?/m1/s1. The van der Waals surface area contributed by atoms with E-state index in [0.717, 1.165) is 9.80 Å². The molecule has 3 atom stereocenters. The first-order valence-electron chi connectivity index (χ1n) is 7.83. The Morgan fingerprint density at radius 2 is 1.69 bits per heavy atom. The number of carbonyl (C=O) groups is 4. The first kappa shape index (κ1) is 16.6. The van der Waals surface area contributed by atoms with Crippen LogP contribution in [0.4, 0.5) is 0 Å². The molecular weight excluding hydrogens is 360 g/mol. The Balaban J connectivity index is 1.73. The van der Waals surface area contributed by atoms with Gasteiger partial charge in [-0.2, -0.15) is 0 Å². The number of fused-ring (bicyclic) bond motifs is 2. The molecule has 1 aromatic carbocycles. The van der Waals surface area contributed by atoms with Gasteiger partial charge >= 0.3 is 5.97 Å². The first-order chi connectivity index (χ1) is 12.4. The summed E-state index contributed by atoms with van der Waals surface area (Å²) in [6.07, 6.45) is 0. The molecule has 3 heterocycles. The Morgan fingerprint density at radius 1 is 1.12 bits per heavy atom. The van der Waals surface area contributed by atoms with E-state index >= 15 is 0 Å². The highest BCUT2D eigenvalue weighted by molar-refractivity contribution is 7.86. The molecule has 0 aliphatic carbocycles. The number of methoxy groups -OCH3 is 1. The third-order valence-corrected chi connectivity index (χ3v) is 6.50. The number of hydrogen-bond donors (Lipinski definition) is 0. The minimum atomic E-state index is -1.55. The Kier molecular flexibility index (Phi) is 3.58. The smallest absolute Gasteiger partial charge is 0.354 e. The van der Waals surface area contributed by atoms with Crippen LogP contribution in [0.25, 0.3) is 0 Å². The van der Waals surface area contributed by atoms with E-state index in [1.54, 1.807) is 19.1 Å². The van der Waals surface area contributed by atoms with Crippen molar-refractivity contribution in [2.45, 2.75) is 18.3 Å². The molecule has 0 saturated carbocycles. The van der Waals surface area contributed by atoms with Gasteiger partial charge in [-0.3, -0.25) is 28.4 Å². The van der Waals surface area contributed by atoms with E-state index in [2.05, 4.69) is 0 Å². The quantitative estimate of drug-likeness (QED) is 0.411. The van der Waals surface area contributed by atoms with Crippen LogP contribution >= 0.6 is 0 Å². The van der Waals surface area contributed by atoms with E-state index < -0.39 is 45.9 Å². The SMILES string of the molecule is COC(=O)C1=C(C)CS(=O)[C@@H]2[C@H](N3C(=O)c4ccccc4C3=O)C(=O)N12. The maximum Gasteiger partial charge on any atom is 0.354 e. The summed E-state index contributed by atoms with van der Waals surface area (Å²) in [4.78, 5) is 52.0. The molecule has 1 saturated heterocycles. The molecule has 3 aliphatic rings. The van der Waals surface area contributed by atoms with Gasteiger partial charge in [-0.15, -0.1) is 0 Å². The minimum absolute atomic E-state index is 0.0370. The van der Waals surface area contributed by atoms with Crippen LogP contribution in [0.1, 0.15) is 27.6 Å². The predicted octanol–water partition coefficient (Wildman–Crippen LogP) is 0.0288. The molecule has 8 nitrogen and oxygen atoms in total. The number of rotatable bonds is 2. The molecule has 4 rings (SSSR count). The van der Waals surface area contributed by atoms with Crippen molar-refractivity contribution >= 4 is 34.5 Å². The topological polar surface area (TPSA) is 101 Å². The number of hydrogen-bond acceptors (Lipinski definition) is 6. The third kappa shape index (κ3) is 1.97. The third-order valence-electron chi connectivity index (χ3n) is 4.77. The average Bonchev–Trinajstić information content (AvgIpc) is 2.87. The zero-order valence-electron chi connectivity index (χ0n) is 13.9. The molecule has 1 fully saturated rings. The molecule has 0 N–H and O–H groups in total. The Morgan fingerprint density at radius 3 is 2.23 bits per heavy atom. The van der Waals surface area contributed by atoms with Crippen molar-refractivity contribution in [3.8, 4) is 0 Å². The minimum Gasteiger partial charge on any atom is -0.464 e. The van der Waals surface area contributed by atoms with Gasteiger partial charge in [-0.25, -0.2) is 4.79 Å². The fraction of sp³-hybridized carbons (Fsp3) is 0.294. The van der Waals surface area contributed by atoms with Crippen LogP contribution in [-0.4, -0.2) is 62.0 Å². The second-order valence-electron chi connectivity index (χ2n) is 6.22. The largest absolute Gasteiger partial charge is 0.464 e. The molecule has 0 aromatic heterocycles. The zero-order valence-corrected chi connectivity index (χ0v) is 14.7. The maximum atomic E-state index is 12.8. The van der Waals surface area contributed by atoms with Crippen molar-refractivity contribution in [2.24, 2.45) is 0 Å². The van der Waals surface area contributed by atoms with Gasteiger partial charge in [0.2, 0.25) is 0 Å². The number of benzene rings is 1. The van der Waals surface area contributed by atoms with Gasteiger partial charge in [0.25, 0.3) is 17.7 Å². The van der Waals surface area contributed by atoms with Crippen LogP contribution in [0, 0.1) is 0 Å². The molecular formula is C17H14N2O6S. The molecule has 3 aliphatic heterocycles. The van der Waals surface area contributed by atoms with Gasteiger partial charge in [-0.05, 0) is 24.6 Å². The van der Waals surface area contributed by atoms with Gasteiger partial charge in [0.05, 0.1) is 29.0 Å². The summed E-state index contributed by atoms with van der Waals surface area (Å²) in [5, 5.41) is -0.942. The van der Waals surface area contributed by atoms with Crippen molar-refractivity contribution in [3.05, 3.63) is 46.7 Å². The lowest BCUT2D eigenvalue weighted by Gasteiger charge is -2.51. The average molecular weight is 374 g/mol. The molecule has 3 amide bonds. The summed E-state index contributed by atoms with van der Waals surface area (Å²) in [5.74, 6) is -2.44. The summed E-state index contributed by atoms with van der Waals surface area (Å²) in [7, 11) is -0.357. The summed E-state index contributed by atoms with van der Waals surface area (Å²) in [5.41, 5.74) is 0.936. The summed E-state index contributed by atoms with van der Waals surface area (Å²) in [6, 6.07) is 5.10. The molecule has 0 radical (unpaired) electrons. The lowest BCUT2D eigenvalue weighted by molar-refractivity contribution is -0.153. The fourth-order valence-corrected chi connectivity index (χ4v) is 5.29. The molecule has 134 valence electrons. The maximum absolute atomic E-state index is 12.8. The molecule has 1 unspecified atom stereocenters. The number of esters is 1. The number of β-lactam (4-membered cyclic amide) rings is 1. The van der Waals surface area contributed by atoms with Gasteiger partial charge in [0, 0.05) is 5.75 Å². The number of carbonyl (C=O) groups excluding carboxylic acids is 4. The Hall–Kier alpha value is -2.81. The van der Waals surface area contributed by atoms with Crippen molar-refractivity contribution in [1.29, 1.82) is 0 Å². The monoisotopic (exact) mass is 374 g/mol. The van der Waals surface area contributed by atoms with Gasteiger partial charge < -0.3 is 4.74 Å². The number of amides is 3. The highest BCUT2D eigenvalue weighted by Gasteiger charge is 2.62. The predicted molar refractivity (Wildman–Crippen MR) is 89.1 cm³/mol. The van der Waals surface area contributed by atoms with E-state index in [1.807, 2.05) is 0 Å². The van der Waals surface area contributed by atoms with Gasteiger partial charge in [0.1, 0.15) is 11.1 Å². The van der Waals surface area contributed by atoms with Crippen LogP contribution in [0.15, 0.2) is 35.5 Å². The van der Waals surface area contributed by atoms with Crippen LogP contribution in [0.3, 0.4) is 0 Å². The number of imide groups is 1. The fourth-order valence-electron chi connectivity index (χ4n) is 3.59. The van der Waals surface area contributed by atoms with E-state index in [9.17, 15) is 23.4 Å². The van der Waals surface area contributed by atoms with Crippen molar-refractivity contribution in [2.75, 3.05) is 12.9 Å². The lowest BCUT2D eigenvalue weighted by atomic mass is 10.0. The normalized spacial score (nSPS) is 27.3. The number of ether oxygens (including phenoxy) is 1. The second-order valence-corrected chi connectivity index (χ2v) is 7.75. The lowest BCUT2D eigenvalue weighted by Crippen LogP contribution is -2.74. The van der Waals surface area contributed by atoms with Crippen LogP contribution in [-0.2, 0) is 25.1 Å². The highest BCUT2D eigenvalue weighted by atomic mass is 32.2. The van der Waals surface area contributed by atoms with Crippen molar-refractivity contribution in [1.82, 2.24) is 9.80 Å². The van der Waals surface area contributed by atoms with Crippen LogP contribution in [0.5, 0.6) is 0 Å². The number of nitrogens with zero attached hydrogens (tertiary/aromatic N) is 2. The van der Waals surface area contributed by atoms with E-state index in [-0.39, 0.29) is 22.6 Å². The van der Waals surface area contributed by atoms with E-state index in [4.69, 9.17) is 4.74 Å². The van der Waals surface area contributed by atoms with Gasteiger partial charge in [0.15, 0.2) is 6.04 Å². The van der Waals surface area contributed by atoms with Crippen LogP contribution in [0.2, 0.25) is 0 Å². The van der Waals surface area contributed by atoms with Gasteiger partial charge in [-0.1, -0.05) is 12.1 Å². The van der Waals surface area contributed by atoms with E-state index in [1.165, 1.54) is 19.2 Å².